The van der Waals surface area contributed by atoms with Gasteiger partial charge < -0.3 is 10.1 Å². The van der Waals surface area contributed by atoms with Crippen LogP contribution >= 0.6 is 0 Å². The van der Waals surface area contributed by atoms with E-state index in [4.69, 9.17) is 0 Å². The Hall–Kier alpha value is -2.33. The average Bonchev–Trinajstić information content (AvgIpc) is 2.92. The molecular weight excluding hydrogens is 262 g/mol. The van der Waals surface area contributed by atoms with Crippen molar-refractivity contribution in [1.82, 2.24) is 14.9 Å². The molecule has 0 saturated heterocycles. The zero-order chi connectivity index (χ0) is 14.7. The summed E-state index contributed by atoms with van der Waals surface area (Å²) in [4.78, 5) is 9.61. The van der Waals surface area contributed by atoms with Gasteiger partial charge >= 0.3 is 0 Å². The van der Waals surface area contributed by atoms with Crippen molar-refractivity contribution in [3.8, 4) is 5.75 Å². The second-order valence-electron chi connectivity index (χ2n) is 5.17. The number of pyridine rings is 1. The first kappa shape index (κ1) is 13.6. The maximum atomic E-state index is 10.1. The van der Waals surface area contributed by atoms with Gasteiger partial charge in [-0.15, -0.1) is 0 Å². The number of phenolic OH excluding ortho intramolecular Hbond substituents is 1. The van der Waals surface area contributed by atoms with Crippen LogP contribution in [0, 0.1) is 0 Å². The smallest absolute Gasteiger partial charge is 0.125 e. The van der Waals surface area contributed by atoms with Crippen LogP contribution in [-0.4, -0.2) is 26.5 Å². The fourth-order valence-electron chi connectivity index (χ4n) is 2.63. The van der Waals surface area contributed by atoms with E-state index in [1.165, 1.54) is 5.56 Å². The molecule has 0 unspecified atom stereocenters. The minimum absolute atomic E-state index is 0.337. The number of H-pyrrole nitrogens is 1. The molecule has 3 rings (SSSR count). The maximum Gasteiger partial charge on any atom is 0.125 e. The van der Waals surface area contributed by atoms with Gasteiger partial charge in [0.1, 0.15) is 5.75 Å². The molecule has 0 spiro atoms. The van der Waals surface area contributed by atoms with Crippen molar-refractivity contribution in [3.63, 3.8) is 0 Å². The topological polar surface area (TPSA) is 52.2 Å². The van der Waals surface area contributed by atoms with E-state index in [2.05, 4.69) is 21.8 Å². The lowest BCUT2D eigenvalue weighted by molar-refractivity contribution is 0.272. The molecule has 2 aromatic heterocycles. The molecular formula is C17H19N3O. The summed E-state index contributed by atoms with van der Waals surface area (Å²) in [5.41, 5.74) is 3.35. The number of fused-ring (bicyclic) bond motifs is 1. The molecule has 0 fully saturated rings. The number of phenols is 1. The van der Waals surface area contributed by atoms with Crippen LogP contribution in [0.25, 0.3) is 10.9 Å². The lowest BCUT2D eigenvalue weighted by Gasteiger charge is -2.20. The molecule has 21 heavy (non-hydrogen) atoms. The molecule has 2 heterocycles. The summed E-state index contributed by atoms with van der Waals surface area (Å²) in [6.45, 7) is 4.77. The second-order valence-corrected chi connectivity index (χ2v) is 5.17. The highest BCUT2D eigenvalue weighted by Gasteiger charge is 2.11. The number of benzene rings is 1. The number of aromatic amines is 1. The summed E-state index contributed by atoms with van der Waals surface area (Å²) in [6.07, 6.45) is 5.63. The van der Waals surface area contributed by atoms with Gasteiger partial charge in [0.15, 0.2) is 0 Å². The van der Waals surface area contributed by atoms with Gasteiger partial charge in [-0.05, 0) is 41.9 Å². The summed E-state index contributed by atoms with van der Waals surface area (Å²) in [5.74, 6) is 0.337. The van der Waals surface area contributed by atoms with Gasteiger partial charge in [0, 0.05) is 42.6 Å². The quantitative estimate of drug-likeness (QED) is 0.754. The van der Waals surface area contributed by atoms with Gasteiger partial charge in [-0.3, -0.25) is 9.88 Å². The third-order valence-corrected chi connectivity index (χ3v) is 3.76. The van der Waals surface area contributed by atoms with Crippen molar-refractivity contribution in [2.75, 3.05) is 6.54 Å². The van der Waals surface area contributed by atoms with Crippen molar-refractivity contribution < 1.29 is 5.11 Å². The molecule has 0 radical (unpaired) electrons. The van der Waals surface area contributed by atoms with E-state index in [0.29, 0.717) is 5.75 Å². The van der Waals surface area contributed by atoms with E-state index >= 15 is 0 Å². The van der Waals surface area contributed by atoms with Crippen molar-refractivity contribution >= 4 is 10.9 Å². The lowest BCUT2D eigenvalue weighted by atomic mass is 10.1. The molecule has 4 heteroatoms. The lowest BCUT2D eigenvalue weighted by Crippen LogP contribution is -2.22. The standard InChI is InChI=1S/C17H19N3O/c1-2-20(11-13-6-8-18-9-7-13)12-14-10-19-15-4-3-5-16(21)17(14)15/h3-10,19,21H,2,11-12H2,1H3. The van der Waals surface area contributed by atoms with E-state index in [1.54, 1.807) is 6.07 Å². The van der Waals surface area contributed by atoms with E-state index in [1.807, 2.05) is 42.9 Å². The van der Waals surface area contributed by atoms with Crippen LogP contribution in [-0.2, 0) is 13.1 Å². The molecule has 0 atom stereocenters. The second kappa shape index (κ2) is 5.97. The van der Waals surface area contributed by atoms with Gasteiger partial charge in [-0.2, -0.15) is 0 Å². The number of aromatic hydroxyl groups is 1. The number of rotatable bonds is 5. The number of nitrogens with one attached hydrogen (secondary N) is 1. The number of hydrogen-bond acceptors (Lipinski definition) is 3. The first-order chi connectivity index (χ1) is 10.3. The van der Waals surface area contributed by atoms with Gasteiger partial charge in [-0.25, -0.2) is 0 Å². The summed E-state index contributed by atoms with van der Waals surface area (Å²) in [5, 5.41) is 11.0. The van der Waals surface area contributed by atoms with Gasteiger partial charge in [0.2, 0.25) is 0 Å². The van der Waals surface area contributed by atoms with Crippen molar-refractivity contribution in [2.45, 2.75) is 20.0 Å². The Balaban J connectivity index is 1.83. The monoisotopic (exact) mass is 281 g/mol. The minimum atomic E-state index is 0.337. The minimum Gasteiger partial charge on any atom is -0.507 e. The van der Waals surface area contributed by atoms with Crippen LogP contribution in [0.15, 0.2) is 48.9 Å². The van der Waals surface area contributed by atoms with Gasteiger partial charge in [0.25, 0.3) is 0 Å². The highest BCUT2D eigenvalue weighted by atomic mass is 16.3. The molecule has 3 aromatic rings. The Labute approximate surface area is 124 Å². The van der Waals surface area contributed by atoms with Crippen LogP contribution in [0.2, 0.25) is 0 Å². The van der Waals surface area contributed by atoms with Crippen LogP contribution in [0.1, 0.15) is 18.1 Å². The predicted octanol–water partition coefficient (Wildman–Crippen LogP) is 3.29. The molecule has 2 N–H and O–H groups in total. The van der Waals surface area contributed by atoms with Crippen LogP contribution in [0.4, 0.5) is 0 Å². The average molecular weight is 281 g/mol. The molecule has 108 valence electrons. The Bertz CT molecular complexity index is 721. The molecule has 0 aliphatic heterocycles. The summed E-state index contributed by atoms with van der Waals surface area (Å²) >= 11 is 0. The highest BCUT2D eigenvalue weighted by molar-refractivity contribution is 5.88. The van der Waals surface area contributed by atoms with Crippen molar-refractivity contribution in [3.05, 3.63) is 60.0 Å². The zero-order valence-corrected chi connectivity index (χ0v) is 12.1. The van der Waals surface area contributed by atoms with E-state index < -0.39 is 0 Å². The Morgan fingerprint density at radius 3 is 2.71 bits per heavy atom. The Kier molecular flexibility index (Phi) is 3.88. The largest absolute Gasteiger partial charge is 0.507 e. The first-order valence-corrected chi connectivity index (χ1v) is 7.17. The summed E-state index contributed by atoms with van der Waals surface area (Å²) < 4.78 is 0. The Morgan fingerprint density at radius 2 is 1.95 bits per heavy atom. The van der Waals surface area contributed by atoms with E-state index in [9.17, 15) is 5.11 Å². The molecule has 0 aliphatic carbocycles. The van der Waals surface area contributed by atoms with Gasteiger partial charge in [0.05, 0.1) is 0 Å². The molecule has 1 aromatic carbocycles. The van der Waals surface area contributed by atoms with Crippen LogP contribution < -0.4 is 0 Å². The fourth-order valence-corrected chi connectivity index (χ4v) is 2.63. The van der Waals surface area contributed by atoms with E-state index in [-0.39, 0.29) is 0 Å². The molecule has 0 aliphatic rings. The number of aromatic nitrogens is 2. The SMILES string of the molecule is CCN(Cc1ccncc1)Cc1c[nH]c2cccc(O)c12. The highest BCUT2D eigenvalue weighted by Crippen LogP contribution is 2.28. The van der Waals surface area contributed by atoms with Crippen LogP contribution in [0.3, 0.4) is 0 Å². The first-order valence-electron chi connectivity index (χ1n) is 7.17. The zero-order valence-electron chi connectivity index (χ0n) is 12.1. The Morgan fingerprint density at radius 1 is 1.14 bits per heavy atom. The van der Waals surface area contributed by atoms with Gasteiger partial charge in [-0.1, -0.05) is 13.0 Å². The number of hydrogen-bond donors (Lipinski definition) is 2. The third kappa shape index (κ3) is 2.90. The predicted molar refractivity (Wildman–Crippen MR) is 84.0 cm³/mol. The normalized spacial score (nSPS) is 11.3. The number of nitrogens with zero attached hydrogens (tertiary/aromatic N) is 2. The summed E-state index contributed by atoms with van der Waals surface area (Å²) in [6, 6.07) is 9.65. The molecule has 0 bridgehead atoms. The van der Waals surface area contributed by atoms with Crippen molar-refractivity contribution in [1.29, 1.82) is 0 Å². The van der Waals surface area contributed by atoms with E-state index in [0.717, 1.165) is 36.1 Å². The summed E-state index contributed by atoms with van der Waals surface area (Å²) in [7, 11) is 0. The van der Waals surface area contributed by atoms with Crippen molar-refractivity contribution in [2.24, 2.45) is 0 Å². The molecule has 0 amide bonds. The maximum absolute atomic E-state index is 10.1. The molecule has 4 nitrogen and oxygen atoms in total. The molecule has 0 saturated carbocycles. The third-order valence-electron chi connectivity index (χ3n) is 3.76. The van der Waals surface area contributed by atoms with Crippen LogP contribution in [0.5, 0.6) is 5.75 Å². The fraction of sp³-hybridized carbons (Fsp3) is 0.235.